The molecule has 0 atom stereocenters. The van der Waals surface area contributed by atoms with Gasteiger partial charge in [-0.25, -0.2) is 0 Å². The smallest absolute Gasteiger partial charge is 0.303 e. The van der Waals surface area contributed by atoms with Crippen molar-refractivity contribution in [1.29, 1.82) is 0 Å². The van der Waals surface area contributed by atoms with E-state index in [0.29, 0.717) is 17.7 Å². The van der Waals surface area contributed by atoms with Gasteiger partial charge in [-0.2, -0.15) is 0 Å². The van der Waals surface area contributed by atoms with E-state index in [2.05, 4.69) is 19.7 Å². The minimum absolute atomic E-state index is 0.114. The number of ether oxygens (including phenoxy) is 1. The van der Waals surface area contributed by atoms with Gasteiger partial charge in [0.15, 0.2) is 0 Å². The normalized spacial score (nSPS) is 11.1. The Morgan fingerprint density at radius 3 is 2.38 bits per heavy atom. The Bertz CT molecular complexity index is 202. The number of hydrogen-bond donors (Lipinski definition) is 0. The molecule has 0 saturated heterocycles. The molecule has 0 aliphatic carbocycles. The van der Waals surface area contributed by atoms with Gasteiger partial charge in [-0.05, 0) is 13.0 Å². The quantitative estimate of drug-likeness (QED) is 0.526. The van der Waals surface area contributed by atoms with E-state index < -0.39 is 8.07 Å². The largest absolute Gasteiger partial charge is 0.466 e. The standard InChI is InChI=1S/C9H17ClO2Si/c1-5-12-9(11)7-13(3,4)6-8(2)10/h2,5-7H2,1,3-4H3. The minimum atomic E-state index is -1.57. The van der Waals surface area contributed by atoms with Crippen LogP contribution in [0.1, 0.15) is 6.92 Å². The fourth-order valence-corrected chi connectivity index (χ4v) is 4.32. The second kappa shape index (κ2) is 5.45. The van der Waals surface area contributed by atoms with E-state index in [9.17, 15) is 4.79 Å². The van der Waals surface area contributed by atoms with Gasteiger partial charge in [-0.15, -0.1) is 0 Å². The topological polar surface area (TPSA) is 26.3 Å². The Morgan fingerprint density at radius 2 is 2.00 bits per heavy atom. The fraction of sp³-hybridized carbons (Fsp3) is 0.667. The predicted octanol–water partition coefficient (Wildman–Crippen LogP) is 3.01. The summed E-state index contributed by atoms with van der Waals surface area (Å²) in [6, 6.07) is 1.29. The van der Waals surface area contributed by atoms with Crippen molar-refractivity contribution < 1.29 is 9.53 Å². The monoisotopic (exact) mass is 220 g/mol. The molecule has 0 aliphatic heterocycles. The maximum absolute atomic E-state index is 11.2. The molecule has 0 aromatic carbocycles. The summed E-state index contributed by atoms with van der Waals surface area (Å²) in [4.78, 5) is 11.2. The summed E-state index contributed by atoms with van der Waals surface area (Å²) in [6.07, 6.45) is 0. The van der Waals surface area contributed by atoms with E-state index in [1.54, 1.807) is 0 Å². The number of carbonyl (C=O) groups is 1. The first-order valence-electron chi connectivity index (χ1n) is 4.36. The van der Waals surface area contributed by atoms with Crippen LogP contribution in [-0.2, 0) is 9.53 Å². The van der Waals surface area contributed by atoms with Crippen molar-refractivity contribution in [3.63, 3.8) is 0 Å². The highest BCUT2D eigenvalue weighted by Gasteiger charge is 2.25. The second-order valence-corrected chi connectivity index (χ2v) is 9.41. The maximum Gasteiger partial charge on any atom is 0.303 e. The SMILES string of the molecule is C=C(Cl)C[Si](C)(C)CC(=O)OCC. The Kier molecular flexibility index (Phi) is 5.33. The van der Waals surface area contributed by atoms with Gasteiger partial charge in [0.1, 0.15) is 0 Å². The zero-order valence-corrected chi connectivity index (χ0v) is 10.3. The van der Waals surface area contributed by atoms with Crippen LogP contribution in [0.3, 0.4) is 0 Å². The van der Waals surface area contributed by atoms with E-state index in [0.717, 1.165) is 6.04 Å². The molecule has 0 heterocycles. The molecule has 0 unspecified atom stereocenters. The number of carbonyl (C=O) groups excluding carboxylic acids is 1. The molecule has 0 amide bonds. The molecule has 13 heavy (non-hydrogen) atoms. The summed E-state index contributed by atoms with van der Waals surface area (Å²) >= 11 is 5.71. The van der Waals surface area contributed by atoms with E-state index in [4.69, 9.17) is 16.3 Å². The molecule has 0 N–H and O–H groups in total. The second-order valence-electron chi connectivity index (χ2n) is 3.84. The molecule has 0 saturated carbocycles. The molecule has 0 aromatic rings. The Labute approximate surface area is 85.9 Å². The minimum Gasteiger partial charge on any atom is -0.466 e. The summed E-state index contributed by atoms with van der Waals surface area (Å²) in [5, 5.41) is 0.640. The molecule has 2 nitrogen and oxygen atoms in total. The van der Waals surface area contributed by atoms with Crippen LogP contribution in [0, 0.1) is 0 Å². The van der Waals surface area contributed by atoms with Gasteiger partial charge in [0, 0.05) is 11.1 Å². The highest BCUT2D eigenvalue weighted by molar-refractivity contribution is 6.81. The van der Waals surface area contributed by atoms with Gasteiger partial charge >= 0.3 is 5.97 Å². The fourth-order valence-electron chi connectivity index (χ4n) is 1.18. The van der Waals surface area contributed by atoms with E-state index in [1.807, 2.05) is 6.92 Å². The Morgan fingerprint density at radius 1 is 1.46 bits per heavy atom. The molecule has 76 valence electrons. The van der Waals surface area contributed by atoms with Crippen molar-refractivity contribution in [2.45, 2.75) is 32.1 Å². The van der Waals surface area contributed by atoms with Crippen molar-refractivity contribution >= 4 is 25.6 Å². The van der Waals surface area contributed by atoms with Gasteiger partial charge in [0.25, 0.3) is 0 Å². The Hall–Kier alpha value is -0.283. The molecule has 0 spiro atoms. The molecular formula is C9H17ClO2Si. The zero-order chi connectivity index (χ0) is 10.5. The molecule has 0 radical (unpaired) electrons. The average molecular weight is 221 g/mol. The molecule has 0 fully saturated rings. The van der Waals surface area contributed by atoms with Crippen molar-refractivity contribution in [3.8, 4) is 0 Å². The molecule has 4 heteroatoms. The van der Waals surface area contributed by atoms with E-state index >= 15 is 0 Å². The first-order chi connectivity index (χ1) is 5.87. The first kappa shape index (κ1) is 12.7. The van der Waals surface area contributed by atoms with Crippen molar-refractivity contribution in [2.24, 2.45) is 0 Å². The summed E-state index contributed by atoms with van der Waals surface area (Å²) in [5.41, 5.74) is 0. The van der Waals surface area contributed by atoms with Gasteiger partial charge in [-0.1, -0.05) is 31.3 Å². The van der Waals surface area contributed by atoms with Crippen LogP contribution >= 0.6 is 11.6 Å². The molecule has 0 aromatic heterocycles. The number of hydrogen-bond acceptors (Lipinski definition) is 2. The van der Waals surface area contributed by atoms with Gasteiger partial charge in [0.2, 0.25) is 0 Å². The first-order valence-corrected chi connectivity index (χ1v) is 8.15. The summed E-state index contributed by atoms with van der Waals surface area (Å²) < 4.78 is 4.88. The highest BCUT2D eigenvalue weighted by Crippen LogP contribution is 2.22. The predicted molar refractivity (Wildman–Crippen MR) is 58.7 cm³/mol. The zero-order valence-electron chi connectivity index (χ0n) is 8.52. The van der Waals surface area contributed by atoms with Crippen molar-refractivity contribution in [1.82, 2.24) is 0 Å². The van der Waals surface area contributed by atoms with E-state index in [1.165, 1.54) is 0 Å². The third kappa shape index (κ3) is 6.84. The summed E-state index contributed by atoms with van der Waals surface area (Å²) in [7, 11) is -1.57. The maximum atomic E-state index is 11.2. The summed E-state index contributed by atoms with van der Waals surface area (Å²) in [5.74, 6) is -0.114. The lowest BCUT2D eigenvalue weighted by Crippen LogP contribution is -2.29. The van der Waals surface area contributed by atoms with Gasteiger partial charge in [-0.3, -0.25) is 4.79 Å². The van der Waals surface area contributed by atoms with Crippen molar-refractivity contribution in [3.05, 3.63) is 11.6 Å². The van der Waals surface area contributed by atoms with Crippen LogP contribution in [0.4, 0.5) is 0 Å². The third-order valence-electron chi connectivity index (χ3n) is 1.60. The number of allylic oxidation sites excluding steroid dienone is 1. The van der Waals surface area contributed by atoms with Gasteiger partial charge in [0.05, 0.1) is 14.7 Å². The van der Waals surface area contributed by atoms with Crippen LogP contribution in [0.5, 0.6) is 0 Å². The Balaban J connectivity index is 4.00. The lowest BCUT2D eigenvalue weighted by atomic mass is 10.7. The van der Waals surface area contributed by atoms with Crippen LogP contribution in [0.25, 0.3) is 0 Å². The molecular weight excluding hydrogens is 204 g/mol. The molecule has 0 bridgehead atoms. The average Bonchev–Trinajstić information content (AvgIpc) is 1.81. The van der Waals surface area contributed by atoms with Gasteiger partial charge < -0.3 is 4.74 Å². The lowest BCUT2D eigenvalue weighted by Gasteiger charge is -2.19. The number of esters is 1. The van der Waals surface area contributed by atoms with Crippen LogP contribution < -0.4 is 0 Å². The van der Waals surface area contributed by atoms with E-state index in [-0.39, 0.29) is 5.97 Å². The molecule has 0 aliphatic rings. The third-order valence-corrected chi connectivity index (χ3v) is 4.59. The van der Waals surface area contributed by atoms with Crippen LogP contribution in [0.15, 0.2) is 11.6 Å². The number of halogens is 1. The highest BCUT2D eigenvalue weighted by atomic mass is 35.5. The molecule has 0 rings (SSSR count). The van der Waals surface area contributed by atoms with Crippen molar-refractivity contribution in [2.75, 3.05) is 6.61 Å². The summed E-state index contributed by atoms with van der Waals surface area (Å²) in [6.45, 7) is 10.1. The lowest BCUT2D eigenvalue weighted by molar-refractivity contribution is -0.140. The van der Waals surface area contributed by atoms with Crippen LogP contribution in [-0.4, -0.2) is 20.7 Å². The number of rotatable bonds is 5. The van der Waals surface area contributed by atoms with Crippen LogP contribution in [0.2, 0.25) is 25.2 Å².